The number of nitrogens with one attached hydrogen (secondary N) is 1. The Bertz CT molecular complexity index is 422. The van der Waals surface area contributed by atoms with Gasteiger partial charge in [0.25, 0.3) is 0 Å². The van der Waals surface area contributed by atoms with Crippen LogP contribution in [0.2, 0.25) is 0 Å². The summed E-state index contributed by atoms with van der Waals surface area (Å²) in [4.78, 5) is 8.07. The van der Waals surface area contributed by atoms with E-state index in [1.807, 2.05) is 6.92 Å². The Morgan fingerprint density at radius 2 is 2.00 bits per heavy atom. The zero-order chi connectivity index (χ0) is 15.9. The van der Waals surface area contributed by atoms with Crippen LogP contribution in [0.15, 0.2) is 6.07 Å². The molecule has 1 N–H and O–H groups in total. The van der Waals surface area contributed by atoms with Gasteiger partial charge in [0.15, 0.2) is 5.82 Å². The topological polar surface area (TPSA) is 56.3 Å². The van der Waals surface area contributed by atoms with Crippen LogP contribution in [0.25, 0.3) is 0 Å². The fourth-order valence-electron chi connectivity index (χ4n) is 1.45. The van der Waals surface area contributed by atoms with Crippen LogP contribution in [0.1, 0.15) is 18.4 Å². The zero-order valence-corrected chi connectivity index (χ0v) is 11.7. The molecular weight excluding hydrogens is 294 g/mol. The Kier molecular flexibility index (Phi) is 6.76. The number of halogens is 4. The Morgan fingerprint density at radius 1 is 1.29 bits per heavy atom. The summed E-state index contributed by atoms with van der Waals surface area (Å²) in [5.74, 6) is -3.58. The third kappa shape index (κ3) is 5.80. The van der Waals surface area contributed by atoms with Crippen LogP contribution in [0, 0.1) is 0 Å². The largest absolute Gasteiger partial charge is 0.378 e. The van der Waals surface area contributed by atoms with Gasteiger partial charge in [-0.25, -0.2) is 18.7 Å². The summed E-state index contributed by atoms with van der Waals surface area (Å²) < 4.78 is 58.9. The molecule has 0 aromatic carbocycles. The van der Waals surface area contributed by atoms with E-state index in [1.54, 1.807) is 6.07 Å². The number of methoxy groups -OCH3 is 1. The molecule has 0 atom stereocenters. The smallest absolute Gasteiger partial charge is 0.330 e. The molecule has 1 rings (SSSR count). The summed E-state index contributed by atoms with van der Waals surface area (Å²) in [6.07, 6.45) is -3.77. The van der Waals surface area contributed by atoms with Gasteiger partial charge < -0.3 is 14.8 Å². The van der Waals surface area contributed by atoms with E-state index in [4.69, 9.17) is 4.74 Å². The standard InChI is InChI=1S/C12H17F4N3O2/c1-3-17-9-4-8(5-20-2)18-10(19-9)6-21-7-12(15,16)11(13)14/h4,11H,3,5-7H2,1-2H3,(H,17,18,19). The summed E-state index contributed by atoms with van der Waals surface area (Å²) in [7, 11) is 1.48. The molecule has 0 unspecified atom stereocenters. The molecule has 0 fully saturated rings. The first kappa shape index (κ1) is 17.6. The van der Waals surface area contributed by atoms with Gasteiger partial charge in [-0.05, 0) is 6.92 Å². The highest BCUT2D eigenvalue weighted by Crippen LogP contribution is 2.23. The summed E-state index contributed by atoms with van der Waals surface area (Å²) in [5, 5.41) is 2.94. The third-order valence-corrected chi connectivity index (χ3v) is 2.32. The lowest BCUT2D eigenvalue weighted by atomic mass is 10.3. The van der Waals surface area contributed by atoms with Gasteiger partial charge >= 0.3 is 12.3 Å². The minimum atomic E-state index is -4.19. The second-order valence-electron chi connectivity index (χ2n) is 4.18. The number of hydrogen-bond donors (Lipinski definition) is 1. The molecule has 1 heterocycles. The number of hydrogen-bond acceptors (Lipinski definition) is 5. The number of nitrogens with zero attached hydrogens (tertiary/aromatic N) is 2. The minimum Gasteiger partial charge on any atom is -0.378 e. The Balaban J connectivity index is 2.69. The molecular formula is C12H17F4N3O2. The lowest BCUT2D eigenvalue weighted by Crippen LogP contribution is -2.32. The predicted molar refractivity (Wildman–Crippen MR) is 67.5 cm³/mol. The molecule has 0 saturated heterocycles. The van der Waals surface area contributed by atoms with Crippen molar-refractivity contribution in [1.82, 2.24) is 9.97 Å². The van der Waals surface area contributed by atoms with Crippen LogP contribution in [-0.2, 0) is 22.7 Å². The molecule has 5 nitrogen and oxygen atoms in total. The lowest BCUT2D eigenvalue weighted by molar-refractivity contribution is -0.168. The van der Waals surface area contributed by atoms with E-state index in [0.29, 0.717) is 18.1 Å². The Labute approximate surface area is 119 Å². The van der Waals surface area contributed by atoms with Crippen molar-refractivity contribution in [2.45, 2.75) is 32.5 Å². The van der Waals surface area contributed by atoms with Gasteiger partial charge in [-0.2, -0.15) is 8.78 Å². The number of anilines is 1. The van der Waals surface area contributed by atoms with Crippen LogP contribution in [0.3, 0.4) is 0 Å². The van der Waals surface area contributed by atoms with Gasteiger partial charge in [-0.15, -0.1) is 0 Å². The third-order valence-electron chi connectivity index (χ3n) is 2.32. The molecule has 120 valence electrons. The van der Waals surface area contributed by atoms with Gasteiger partial charge in [-0.1, -0.05) is 0 Å². The van der Waals surface area contributed by atoms with E-state index in [9.17, 15) is 17.6 Å². The molecule has 0 aliphatic heterocycles. The molecule has 0 saturated carbocycles. The van der Waals surface area contributed by atoms with Crippen molar-refractivity contribution >= 4 is 5.82 Å². The Hall–Kier alpha value is -1.48. The molecule has 0 aliphatic carbocycles. The van der Waals surface area contributed by atoms with Gasteiger partial charge in [0.1, 0.15) is 19.0 Å². The molecule has 0 amide bonds. The summed E-state index contributed by atoms with van der Waals surface area (Å²) >= 11 is 0. The van der Waals surface area contributed by atoms with Gasteiger partial charge in [0.05, 0.1) is 12.3 Å². The zero-order valence-electron chi connectivity index (χ0n) is 11.7. The number of ether oxygens (including phenoxy) is 2. The van der Waals surface area contributed by atoms with E-state index < -0.39 is 25.6 Å². The molecule has 0 aliphatic rings. The maximum Gasteiger partial charge on any atom is 0.330 e. The molecule has 1 aromatic rings. The van der Waals surface area contributed by atoms with E-state index >= 15 is 0 Å². The van der Waals surface area contributed by atoms with Crippen molar-refractivity contribution in [2.24, 2.45) is 0 Å². The molecule has 21 heavy (non-hydrogen) atoms. The molecule has 0 bridgehead atoms. The van der Waals surface area contributed by atoms with Crippen molar-refractivity contribution < 1.29 is 27.0 Å². The maximum absolute atomic E-state index is 12.7. The van der Waals surface area contributed by atoms with E-state index in [2.05, 4.69) is 20.0 Å². The van der Waals surface area contributed by atoms with Gasteiger partial charge in [0, 0.05) is 19.7 Å². The van der Waals surface area contributed by atoms with E-state index in [1.165, 1.54) is 7.11 Å². The fraction of sp³-hybridized carbons (Fsp3) is 0.667. The molecule has 0 radical (unpaired) electrons. The van der Waals surface area contributed by atoms with Crippen LogP contribution in [-0.4, -0.2) is 42.6 Å². The lowest BCUT2D eigenvalue weighted by Gasteiger charge is -2.15. The van der Waals surface area contributed by atoms with Crippen LogP contribution in [0.5, 0.6) is 0 Å². The second kappa shape index (κ2) is 8.08. The normalized spacial score (nSPS) is 12.0. The van der Waals surface area contributed by atoms with Crippen LogP contribution in [0.4, 0.5) is 23.4 Å². The fourth-order valence-corrected chi connectivity index (χ4v) is 1.45. The summed E-state index contributed by atoms with van der Waals surface area (Å²) in [5.41, 5.74) is 0.530. The first-order chi connectivity index (χ1) is 9.89. The number of alkyl halides is 4. The summed E-state index contributed by atoms with van der Waals surface area (Å²) in [6.45, 7) is 0.892. The van der Waals surface area contributed by atoms with Crippen molar-refractivity contribution in [3.8, 4) is 0 Å². The first-order valence-corrected chi connectivity index (χ1v) is 6.22. The van der Waals surface area contributed by atoms with Crippen LogP contribution >= 0.6 is 0 Å². The average Bonchev–Trinajstić information content (AvgIpc) is 2.39. The van der Waals surface area contributed by atoms with Crippen LogP contribution < -0.4 is 5.32 Å². The van der Waals surface area contributed by atoms with E-state index in [0.717, 1.165) is 0 Å². The highest BCUT2D eigenvalue weighted by molar-refractivity contribution is 5.35. The van der Waals surface area contributed by atoms with Gasteiger partial charge in [0.2, 0.25) is 0 Å². The Morgan fingerprint density at radius 3 is 2.57 bits per heavy atom. The van der Waals surface area contributed by atoms with Crippen molar-refractivity contribution in [2.75, 3.05) is 25.6 Å². The van der Waals surface area contributed by atoms with Crippen molar-refractivity contribution in [1.29, 1.82) is 0 Å². The number of rotatable bonds is 9. The SMILES string of the molecule is CCNc1cc(COC)nc(COCC(F)(F)C(F)F)n1. The molecule has 1 aromatic heterocycles. The van der Waals surface area contributed by atoms with E-state index in [-0.39, 0.29) is 12.4 Å². The molecule has 9 heteroatoms. The molecule has 0 spiro atoms. The van der Waals surface area contributed by atoms with Crippen molar-refractivity contribution in [3.05, 3.63) is 17.6 Å². The highest BCUT2D eigenvalue weighted by atomic mass is 19.3. The van der Waals surface area contributed by atoms with Crippen molar-refractivity contribution in [3.63, 3.8) is 0 Å². The average molecular weight is 311 g/mol. The minimum absolute atomic E-state index is 0.116. The first-order valence-electron chi connectivity index (χ1n) is 6.22. The summed E-state index contributed by atoms with van der Waals surface area (Å²) in [6, 6.07) is 1.64. The highest BCUT2D eigenvalue weighted by Gasteiger charge is 2.41. The van der Waals surface area contributed by atoms with Gasteiger partial charge in [-0.3, -0.25) is 0 Å². The monoisotopic (exact) mass is 311 g/mol. The number of aromatic nitrogens is 2. The maximum atomic E-state index is 12.7. The quantitative estimate of drug-likeness (QED) is 0.710. The second-order valence-corrected chi connectivity index (χ2v) is 4.18. The predicted octanol–water partition coefficient (Wildman–Crippen LogP) is 2.47.